The summed E-state index contributed by atoms with van der Waals surface area (Å²) in [5.41, 5.74) is 1.05. The highest BCUT2D eigenvalue weighted by atomic mass is 32.1. The SMILES string of the molecule is CCCNc1snnc1CN(C)CC1CCCCO1. The maximum atomic E-state index is 5.77. The highest BCUT2D eigenvalue weighted by Gasteiger charge is 2.17. The van der Waals surface area contributed by atoms with E-state index >= 15 is 0 Å². The molecule has 2 rings (SSSR count). The first kappa shape index (κ1) is 14.7. The number of anilines is 1. The minimum atomic E-state index is 0.386. The van der Waals surface area contributed by atoms with Crippen molar-refractivity contribution in [3.05, 3.63) is 5.69 Å². The molecule has 0 aliphatic carbocycles. The Balaban J connectivity index is 1.80. The zero-order valence-electron chi connectivity index (χ0n) is 11.9. The lowest BCUT2D eigenvalue weighted by Gasteiger charge is -2.27. The van der Waals surface area contributed by atoms with Gasteiger partial charge in [-0.3, -0.25) is 4.90 Å². The number of ether oxygens (including phenoxy) is 1. The van der Waals surface area contributed by atoms with E-state index in [1.54, 1.807) is 0 Å². The lowest BCUT2D eigenvalue weighted by molar-refractivity contribution is -0.00272. The van der Waals surface area contributed by atoms with Gasteiger partial charge in [0.2, 0.25) is 0 Å². The van der Waals surface area contributed by atoms with Gasteiger partial charge >= 0.3 is 0 Å². The minimum absolute atomic E-state index is 0.386. The first-order valence-electron chi connectivity index (χ1n) is 7.15. The molecule has 1 atom stereocenters. The van der Waals surface area contributed by atoms with Crippen molar-refractivity contribution in [1.29, 1.82) is 0 Å². The molecule has 0 amide bonds. The Labute approximate surface area is 119 Å². The van der Waals surface area contributed by atoms with Gasteiger partial charge in [0.05, 0.1) is 6.10 Å². The second-order valence-electron chi connectivity index (χ2n) is 5.16. The molecule has 6 heteroatoms. The number of nitrogens with one attached hydrogen (secondary N) is 1. The number of hydrogen-bond acceptors (Lipinski definition) is 6. The summed E-state index contributed by atoms with van der Waals surface area (Å²) in [5, 5.41) is 8.72. The summed E-state index contributed by atoms with van der Waals surface area (Å²) in [6, 6.07) is 0. The van der Waals surface area contributed by atoms with E-state index < -0.39 is 0 Å². The Hall–Kier alpha value is -0.720. The van der Waals surface area contributed by atoms with Crippen molar-refractivity contribution < 1.29 is 4.74 Å². The van der Waals surface area contributed by atoms with Crippen LogP contribution in [0.25, 0.3) is 0 Å². The second kappa shape index (κ2) is 7.77. The van der Waals surface area contributed by atoms with Crippen LogP contribution in [0.3, 0.4) is 0 Å². The third kappa shape index (κ3) is 4.71. The molecule has 0 bridgehead atoms. The number of hydrogen-bond donors (Lipinski definition) is 1. The van der Waals surface area contributed by atoms with Gasteiger partial charge < -0.3 is 10.1 Å². The zero-order valence-corrected chi connectivity index (χ0v) is 12.7. The van der Waals surface area contributed by atoms with Crippen LogP contribution < -0.4 is 5.32 Å². The van der Waals surface area contributed by atoms with Crippen LogP contribution >= 0.6 is 11.5 Å². The predicted molar refractivity (Wildman–Crippen MR) is 78.6 cm³/mol. The normalized spacial score (nSPS) is 19.8. The maximum Gasteiger partial charge on any atom is 0.134 e. The lowest BCUT2D eigenvalue weighted by atomic mass is 10.1. The number of rotatable bonds is 7. The van der Waals surface area contributed by atoms with Crippen molar-refractivity contribution in [2.24, 2.45) is 0 Å². The van der Waals surface area contributed by atoms with Crippen molar-refractivity contribution in [3.63, 3.8) is 0 Å². The van der Waals surface area contributed by atoms with Crippen LogP contribution in [0, 0.1) is 0 Å². The molecule has 1 aromatic rings. The monoisotopic (exact) mass is 284 g/mol. The number of aromatic nitrogens is 2. The molecule has 1 aromatic heterocycles. The molecule has 1 fully saturated rings. The number of nitrogens with zero attached hydrogens (tertiary/aromatic N) is 3. The highest BCUT2D eigenvalue weighted by Crippen LogP contribution is 2.20. The van der Waals surface area contributed by atoms with Gasteiger partial charge in [-0.15, -0.1) is 5.10 Å². The topological polar surface area (TPSA) is 50.3 Å². The van der Waals surface area contributed by atoms with E-state index in [2.05, 4.69) is 33.8 Å². The fourth-order valence-corrected chi connectivity index (χ4v) is 2.90. The molecule has 0 aromatic carbocycles. The predicted octanol–water partition coefficient (Wildman–Crippen LogP) is 2.36. The van der Waals surface area contributed by atoms with Crippen LogP contribution in [-0.2, 0) is 11.3 Å². The van der Waals surface area contributed by atoms with Gasteiger partial charge in [-0.1, -0.05) is 11.4 Å². The molecule has 19 heavy (non-hydrogen) atoms. The number of likely N-dealkylation sites (N-methyl/N-ethyl adjacent to an activating group) is 1. The van der Waals surface area contributed by atoms with Crippen LogP contribution in [0.4, 0.5) is 5.00 Å². The average Bonchev–Trinajstić information content (AvgIpc) is 2.84. The Kier molecular flexibility index (Phi) is 6.00. The summed E-state index contributed by atoms with van der Waals surface area (Å²) >= 11 is 1.45. The van der Waals surface area contributed by atoms with E-state index in [1.165, 1.54) is 30.8 Å². The average molecular weight is 284 g/mol. The van der Waals surface area contributed by atoms with Gasteiger partial charge in [0.15, 0.2) is 0 Å². The van der Waals surface area contributed by atoms with Crippen LogP contribution in [0.1, 0.15) is 38.3 Å². The maximum absolute atomic E-state index is 5.77. The summed E-state index contributed by atoms with van der Waals surface area (Å²) < 4.78 is 9.82. The molecule has 2 heterocycles. The van der Waals surface area contributed by atoms with Crippen LogP contribution in [0.5, 0.6) is 0 Å². The third-order valence-corrected chi connectivity index (χ3v) is 4.03. The van der Waals surface area contributed by atoms with Crippen LogP contribution in [0.2, 0.25) is 0 Å². The quantitative estimate of drug-likeness (QED) is 0.833. The molecular formula is C13H24N4OS. The Morgan fingerprint density at radius 1 is 1.47 bits per heavy atom. The Morgan fingerprint density at radius 2 is 2.37 bits per heavy atom. The Bertz CT molecular complexity index is 365. The molecule has 0 radical (unpaired) electrons. The molecule has 0 saturated carbocycles. The fraction of sp³-hybridized carbons (Fsp3) is 0.846. The summed E-state index contributed by atoms with van der Waals surface area (Å²) in [6.45, 7) is 5.87. The molecular weight excluding hydrogens is 260 g/mol. The summed E-state index contributed by atoms with van der Waals surface area (Å²) in [7, 11) is 2.13. The van der Waals surface area contributed by atoms with E-state index in [-0.39, 0.29) is 0 Å². The van der Waals surface area contributed by atoms with E-state index in [0.717, 1.165) is 43.4 Å². The van der Waals surface area contributed by atoms with Crippen molar-refractivity contribution in [2.75, 3.05) is 32.1 Å². The third-order valence-electron chi connectivity index (χ3n) is 3.30. The smallest absolute Gasteiger partial charge is 0.134 e. The molecule has 1 N–H and O–H groups in total. The van der Waals surface area contributed by atoms with E-state index in [1.807, 2.05) is 0 Å². The molecule has 0 spiro atoms. The summed E-state index contributed by atoms with van der Waals surface area (Å²) in [4.78, 5) is 2.28. The van der Waals surface area contributed by atoms with Gasteiger partial charge in [-0.2, -0.15) is 0 Å². The van der Waals surface area contributed by atoms with E-state index in [9.17, 15) is 0 Å². The van der Waals surface area contributed by atoms with Gasteiger partial charge in [-0.05, 0) is 32.7 Å². The standard InChI is InChI=1S/C13H24N4OS/c1-3-7-14-13-12(15-16-19-13)10-17(2)9-11-6-4-5-8-18-11/h11,14H,3-10H2,1-2H3. The molecule has 5 nitrogen and oxygen atoms in total. The minimum Gasteiger partial charge on any atom is -0.377 e. The zero-order chi connectivity index (χ0) is 13.5. The van der Waals surface area contributed by atoms with Crippen molar-refractivity contribution >= 4 is 16.5 Å². The molecule has 1 saturated heterocycles. The van der Waals surface area contributed by atoms with E-state index in [0.29, 0.717) is 6.10 Å². The fourth-order valence-electron chi connectivity index (χ4n) is 2.30. The van der Waals surface area contributed by atoms with Gasteiger partial charge in [-0.25, -0.2) is 0 Å². The first-order chi connectivity index (χ1) is 9.29. The highest BCUT2D eigenvalue weighted by molar-refractivity contribution is 7.10. The molecule has 1 unspecified atom stereocenters. The van der Waals surface area contributed by atoms with Crippen LogP contribution in [0.15, 0.2) is 0 Å². The van der Waals surface area contributed by atoms with Crippen molar-refractivity contribution in [2.45, 2.75) is 45.3 Å². The summed E-state index contributed by atoms with van der Waals surface area (Å²) in [5.74, 6) is 0. The largest absolute Gasteiger partial charge is 0.377 e. The van der Waals surface area contributed by atoms with E-state index in [4.69, 9.17) is 4.74 Å². The van der Waals surface area contributed by atoms with Crippen molar-refractivity contribution in [1.82, 2.24) is 14.5 Å². The second-order valence-corrected chi connectivity index (χ2v) is 5.91. The molecule has 1 aliphatic rings. The van der Waals surface area contributed by atoms with Crippen LogP contribution in [-0.4, -0.2) is 47.3 Å². The van der Waals surface area contributed by atoms with Crippen molar-refractivity contribution in [3.8, 4) is 0 Å². The van der Waals surface area contributed by atoms with Gasteiger partial charge in [0.25, 0.3) is 0 Å². The Morgan fingerprint density at radius 3 is 3.11 bits per heavy atom. The first-order valence-corrected chi connectivity index (χ1v) is 7.92. The molecule has 1 aliphatic heterocycles. The molecule has 108 valence electrons. The lowest BCUT2D eigenvalue weighted by Crippen LogP contribution is -2.33. The van der Waals surface area contributed by atoms with Gasteiger partial charge in [0.1, 0.15) is 10.7 Å². The summed E-state index contributed by atoms with van der Waals surface area (Å²) in [6.07, 6.45) is 5.18. The van der Waals surface area contributed by atoms with Gasteiger partial charge in [0, 0.05) is 37.8 Å².